The molecular weight excluding hydrogens is 413 g/mol. The minimum absolute atomic E-state index is 0.118. The first-order valence-corrected chi connectivity index (χ1v) is 9.93. The summed E-state index contributed by atoms with van der Waals surface area (Å²) in [5.74, 6) is -0.305. The minimum atomic E-state index is -0.554. The standard InChI is InChI=1S/C22H15ClFNO3S/c1-28-19-10-9-13(14-5-2-3-6-15(14)19)11-20-21(26)25(22(27)29-20)12-16-17(23)7-4-8-18(16)24/h2-11H,12H2,1H3/b20-11+. The Bertz CT molecular complexity index is 1160. The number of thioether (sulfide) groups is 1. The van der Waals surface area contributed by atoms with E-state index in [1.807, 2.05) is 36.4 Å². The fourth-order valence-electron chi connectivity index (χ4n) is 3.22. The Morgan fingerprint density at radius 1 is 1.07 bits per heavy atom. The van der Waals surface area contributed by atoms with Gasteiger partial charge in [-0.15, -0.1) is 0 Å². The third-order valence-electron chi connectivity index (χ3n) is 4.68. The molecule has 3 aromatic carbocycles. The number of halogens is 2. The lowest BCUT2D eigenvalue weighted by molar-refractivity contribution is -0.123. The van der Waals surface area contributed by atoms with Gasteiger partial charge in [0.15, 0.2) is 0 Å². The normalized spacial score (nSPS) is 15.6. The smallest absolute Gasteiger partial charge is 0.293 e. The van der Waals surface area contributed by atoms with Crippen LogP contribution in [0.3, 0.4) is 0 Å². The lowest BCUT2D eigenvalue weighted by Crippen LogP contribution is -2.28. The maximum absolute atomic E-state index is 14.1. The van der Waals surface area contributed by atoms with E-state index in [-0.39, 0.29) is 22.0 Å². The van der Waals surface area contributed by atoms with Crippen LogP contribution in [0.15, 0.2) is 59.5 Å². The van der Waals surface area contributed by atoms with E-state index in [4.69, 9.17) is 16.3 Å². The summed E-state index contributed by atoms with van der Waals surface area (Å²) in [6.45, 7) is -0.211. The van der Waals surface area contributed by atoms with Gasteiger partial charge in [0.1, 0.15) is 11.6 Å². The third kappa shape index (κ3) is 3.61. The Morgan fingerprint density at radius 3 is 2.55 bits per heavy atom. The number of nitrogens with zero attached hydrogens (tertiary/aromatic N) is 1. The van der Waals surface area contributed by atoms with Gasteiger partial charge >= 0.3 is 0 Å². The second-order valence-electron chi connectivity index (χ2n) is 6.37. The predicted octanol–water partition coefficient (Wildman–Crippen LogP) is 5.88. The fourth-order valence-corrected chi connectivity index (χ4v) is 4.27. The number of hydrogen-bond acceptors (Lipinski definition) is 4. The van der Waals surface area contributed by atoms with Crippen molar-refractivity contribution in [1.82, 2.24) is 4.90 Å². The molecule has 1 heterocycles. The first-order valence-electron chi connectivity index (χ1n) is 8.73. The number of amides is 2. The second kappa shape index (κ2) is 7.89. The number of rotatable bonds is 4. The zero-order valence-electron chi connectivity index (χ0n) is 15.3. The van der Waals surface area contributed by atoms with Crippen molar-refractivity contribution < 1.29 is 18.7 Å². The van der Waals surface area contributed by atoms with Crippen molar-refractivity contribution in [2.45, 2.75) is 6.54 Å². The van der Waals surface area contributed by atoms with Crippen molar-refractivity contribution in [1.29, 1.82) is 0 Å². The molecule has 1 fully saturated rings. The highest BCUT2D eigenvalue weighted by molar-refractivity contribution is 8.18. The molecule has 1 saturated heterocycles. The number of benzene rings is 3. The monoisotopic (exact) mass is 427 g/mol. The summed E-state index contributed by atoms with van der Waals surface area (Å²) in [4.78, 5) is 26.5. The predicted molar refractivity (Wildman–Crippen MR) is 113 cm³/mol. The van der Waals surface area contributed by atoms with Crippen molar-refractivity contribution in [2.75, 3.05) is 7.11 Å². The topological polar surface area (TPSA) is 46.6 Å². The number of fused-ring (bicyclic) bond motifs is 1. The molecule has 3 aromatic rings. The van der Waals surface area contributed by atoms with E-state index in [2.05, 4.69) is 0 Å². The Morgan fingerprint density at radius 2 is 1.83 bits per heavy atom. The molecule has 0 spiro atoms. The van der Waals surface area contributed by atoms with E-state index >= 15 is 0 Å². The molecule has 0 aliphatic carbocycles. The van der Waals surface area contributed by atoms with Crippen LogP contribution in [0.2, 0.25) is 5.02 Å². The number of carbonyl (C=O) groups is 2. The van der Waals surface area contributed by atoms with Crippen LogP contribution >= 0.6 is 23.4 Å². The second-order valence-corrected chi connectivity index (χ2v) is 7.77. The van der Waals surface area contributed by atoms with Crippen LogP contribution in [0, 0.1) is 5.82 Å². The molecule has 0 atom stereocenters. The molecule has 0 saturated carbocycles. The summed E-state index contributed by atoms with van der Waals surface area (Å²) in [7, 11) is 1.60. The Hall–Kier alpha value is -2.83. The van der Waals surface area contributed by atoms with Gasteiger partial charge in [0, 0.05) is 16.0 Å². The lowest BCUT2D eigenvalue weighted by atomic mass is 10.0. The largest absolute Gasteiger partial charge is 0.496 e. The molecule has 29 heavy (non-hydrogen) atoms. The van der Waals surface area contributed by atoms with E-state index < -0.39 is 17.0 Å². The molecule has 1 aliphatic heterocycles. The molecule has 0 radical (unpaired) electrons. The van der Waals surface area contributed by atoms with Gasteiger partial charge in [-0.05, 0) is 47.0 Å². The van der Waals surface area contributed by atoms with Gasteiger partial charge in [0.05, 0.1) is 18.6 Å². The van der Waals surface area contributed by atoms with Crippen molar-refractivity contribution in [2.24, 2.45) is 0 Å². The zero-order valence-corrected chi connectivity index (χ0v) is 16.9. The van der Waals surface area contributed by atoms with Crippen LogP contribution in [-0.4, -0.2) is 23.2 Å². The molecule has 0 N–H and O–H groups in total. The molecule has 4 rings (SSSR count). The maximum atomic E-state index is 14.1. The Kier molecular flexibility index (Phi) is 5.30. The number of ether oxygens (including phenoxy) is 1. The van der Waals surface area contributed by atoms with Crippen LogP contribution in [0.1, 0.15) is 11.1 Å². The van der Waals surface area contributed by atoms with Crippen LogP contribution in [0.25, 0.3) is 16.8 Å². The molecule has 2 amide bonds. The summed E-state index contributed by atoms with van der Waals surface area (Å²) in [6.07, 6.45) is 1.68. The van der Waals surface area contributed by atoms with Gasteiger partial charge in [-0.2, -0.15) is 0 Å². The number of methoxy groups -OCH3 is 1. The highest BCUT2D eigenvalue weighted by atomic mass is 35.5. The van der Waals surface area contributed by atoms with Crippen LogP contribution in [-0.2, 0) is 11.3 Å². The number of imide groups is 1. The molecule has 146 valence electrons. The molecule has 0 unspecified atom stereocenters. The van der Waals surface area contributed by atoms with Crippen molar-refractivity contribution in [3.8, 4) is 5.75 Å². The summed E-state index contributed by atoms with van der Waals surface area (Å²) in [6, 6.07) is 15.6. The molecule has 4 nitrogen and oxygen atoms in total. The van der Waals surface area contributed by atoms with Crippen molar-refractivity contribution in [3.63, 3.8) is 0 Å². The van der Waals surface area contributed by atoms with E-state index in [9.17, 15) is 14.0 Å². The quantitative estimate of drug-likeness (QED) is 0.488. The van der Waals surface area contributed by atoms with Gasteiger partial charge in [0.2, 0.25) is 0 Å². The summed E-state index contributed by atoms with van der Waals surface area (Å²) >= 11 is 6.87. The maximum Gasteiger partial charge on any atom is 0.293 e. The van der Waals surface area contributed by atoms with E-state index in [1.54, 1.807) is 13.2 Å². The van der Waals surface area contributed by atoms with Crippen molar-refractivity contribution >= 4 is 51.4 Å². The van der Waals surface area contributed by atoms with Crippen molar-refractivity contribution in [3.05, 3.63) is 81.5 Å². The average molecular weight is 428 g/mol. The van der Waals surface area contributed by atoms with Gasteiger partial charge in [-0.1, -0.05) is 48.0 Å². The molecule has 0 aromatic heterocycles. The third-order valence-corrected chi connectivity index (χ3v) is 5.94. The SMILES string of the molecule is COc1ccc(/C=C2/SC(=O)N(Cc3c(F)cccc3Cl)C2=O)c2ccccc12. The zero-order chi connectivity index (χ0) is 20.5. The lowest BCUT2D eigenvalue weighted by Gasteiger charge is -2.14. The number of carbonyl (C=O) groups excluding carboxylic acids is 2. The van der Waals surface area contributed by atoms with Crippen LogP contribution in [0.4, 0.5) is 9.18 Å². The van der Waals surface area contributed by atoms with Gasteiger partial charge in [0.25, 0.3) is 11.1 Å². The van der Waals surface area contributed by atoms with Gasteiger partial charge < -0.3 is 4.74 Å². The molecule has 1 aliphatic rings. The highest BCUT2D eigenvalue weighted by Gasteiger charge is 2.36. The summed E-state index contributed by atoms with van der Waals surface area (Å²) in [5, 5.41) is 1.52. The summed E-state index contributed by atoms with van der Waals surface area (Å²) < 4.78 is 19.5. The van der Waals surface area contributed by atoms with E-state index in [0.717, 1.165) is 38.7 Å². The fraction of sp³-hybridized carbons (Fsp3) is 0.0909. The minimum Gasteiger partial charge on any atom is -0.496 e. The first kappa shape index (κ1) is 19.5. The number of hydrogen-bond donors (Lipinski definition) is 0. The highest BCUT2D eigenvalue weighted by Crippen LogP contribution is 2.36. The Labute approximate surface area is 175 Å². The van der Waals surface area contributed by atoms with Crippen LogP contribution < -0.4 is 4.74 Å². The molecule has 0 bridgehead atoms. The molecular formula is C22H15ClFNO3S. The van der Waals surface area contributed by atoms with Crippen LogP contribution in [0.5, 0.6) is 5.75 Å². The average Bonchev–Trinajstić information content (AvgIpc) is 2.98. The first-order chi connectivity index (χ1) is 14.0. The van der Waals surface area contributed by atoms with E-state index in [1.165, 1.54) is 18.2 Å². The van der Waals surface area contributed by atoms with Gasteiger partial charge in [-0.25, -0.2) is 4.39 Å². The van der Waals surface area contributed by atoms with E-state index in [0.29, 0.717) is 0 Å². The Balaban J connectivity index is 1.69. The van der Waals surface area contributed by atoms with Gasteiger partial charge in [-0.3, -0.25) is 14.5 Å². The summed E-state index contributed by atoms with van der Waals surface area (Å²) in [5.41, 5.74) is 0.906. The molecule has 7 heteroatoms.